The van der Waals surface area contributed by atoms with Gasteiger partial charge in [-0.2, -0.15) is 5.10 Å². The molecule has 4 heteroatoms. The van der Waals surface area contributed by atoms with Gasteiger partial charge in [0.05, 0.1) is 18.0 Å². The van der Waals surface area contributed by atoms with Crippen LogP contribution in [0.1, 0.15) is 31.2 Å². The van der Waals surface area contributed by atoms with Gasteiger partial charge in [-0.25, -0.2) is 0 Å². The van der Waals surface area contributed by atoms with Gasteiger partial charge in [-0.3, -0.25) is 9.58 Å². The number of aliphatic hydroxyl groups is 1. The first-order chi connectivity index (χ1) is 7.74. The van der Waals surface area contributed by atoms with Crippen LogP contribution < -0.4 is 0 Å². The van der Waals surface area contributed by atoms with Gasteiger partial charge in [-0.1, -0.05) is 0 Å². The Morgan fingerprint density at radius 3 is 2.88 bits per heavy atom. The molecule has 0 saturated heterocycles. The predicted molar refractivity (Wildman–Crippen MR) is 63.2 cm³/mol. The Morgan fingerprint density at radius 1 is 1.56 bits per heavy atom. The topological polar surface area (TPSA) is 41.3 Å². The van der Waals surface area contributed by atoms with Gasteiger partial charge in [0.15, 0.2) is 0 Å². The van der Waals surface area contributed by atoms with Crippen LogP contribution in [0.25, 0.3) is 0 Å². The molecule has 0 aromatic carbocycles. The van der Waals surface area contributed by atoms with E-state index in [1.807, 2.05) is 6.92 Å². The number of aryl methyl sites for hydroxylation is 2. The highest BCUT2D eigenvalue weighted by molar-refractivity contribution is 5.09. The summed E-state index contributed by atoms with van der Waals surface area (Å²) in [4.78, 5) is 2.36. The van der Waals surface area contributed by atoms with Crippen LogP contribution in [0.3, 0.4) is 0 Å². The zero-order valence-corrected chi connectivity index (χ0v) is 10.2. The molecule has 0 unspecified atom stereocenters. The monoisotopic (exact) mass is 223 g/mol. The highest BCUT2D eigenvalue weighted by Crippen LogP contribution is 2.28. The third kappa shape index (κ3) is 2.62. The lowest BCUT2D eigenvalue weighted by Gasteiger charge is -2.20. The summed E-state index contributed by atoms with van der Waals surface area (Å²) in [6.45, 7) is 7.00. The van der Waals surface area contributed by atoms with Crippen molar-refractivity contribution in [1.29, 1.82) is 0 Å². The Balaban J connectivity index is 2.04. The molecule has 1 aliphatic carbocycles. The van der Waals surface area contributed by atoms with Crippen molar-refractivity contribution in [3.05, 3.63) is 17.5 Å². The summed E-state index contributed by atoms with van der Waals surface area (Å²) in [5.41, 5.74) is 2.34. The average molecular weight is 223 g/mol. The van der Waals surface area contributed by atoms with Gasteiger partial charge in [0, 0.05) is 25.7 Å². The second kappa shape index (κ2) is 4.97. The quantitative estimate of drug-likeness (QED) is 0.787. The molecular formula is C12H21N3O. The number of nitrogens with zero attached hydrogens (tertiary/aromatic N) is 3. The molecular weight excluding hydrogens is 202 g/mol. The van der Waals surface area contributed by atoms with Crippen molar-refractivity contribution in [2.75, 3.05) is 13.2 Å². The van der Waals surface area contributed by atoms with E-state index in [9.17, 15) is 0 Å². The smallest absolute Gasteiger partial charge is 0.0597 e. The standard InChI is InChI=1S/C12H21N3O/c1-3-15-12(8-10(2)13-15)9-14(6-7-16)11-4-5-11/h8,11,16H,3-7,9H2,1-2H3. The molecule has 1 aromatic rings. The Morgan fingerprint density at radius 2 is 2.31 bits per heavy atom. The Kier molecular flexibility index (Phi) is 3.61. The molecule has 1 fully saturated rings. The summed E-state index contributed by atoms with van der Waals surface area (Å²) in [7, 11) is 0. The molecule has 16 heavy (non-hydrogen) atoms. The van der Waals surface area contributed by atoms with E-state index < -0.39 is 0 Å². The summed E-state index contributed by atoms with van der Waals surface area (Å²) in [6, 6.07) is 2.84. The van der Waals surface area contributed by atoms with Crippen molar-refractivity contribution in [2.45, 2.75) is 45.8 Å². The molecule has 0 atom stereocenters. The third-order valence-electron chi connectivity index (χ3n) is 3.10. The fourth-order valence-electron chi connectivity index (χ4n) is 2.17. The van der Waals surface area contributed by atoms with Gasteiger partial charge in [0.2, 0.25) is 0 Å². The van der Waals surface area contributed by atoms with Crippen LogP contribution in [-0.4, -0.2) is 39.0 Å². The minimum Gasteiger partial charge on any atom is -0.395 e. The van der Waals surface area contributed by atoms with Crippen LogP contribution >= 0.6 is 0 Å². The Labute approximate surface area is 96.9 Å². The molecule has 1 aromatic heterocycles. The number of aromatic nitrogens is 2. The Bertz CT molecular complexity index is 344. The summed E-state index contributed by atoms with van der Waals surface area (Å²) in [6.07, 6.45) is 2.55. The Hall–Kier alpha value is -0.870. The van der Waals surface area contributed by atoms with E-state index in [4.69, 9.17) is 5.11 Å². The number of rotatable bonds is 6. The summed E-state index contributed by atoms with van der Waals surface area (Å²) < 4.78 is 2.06. The predicted octanol–water partition coefficient (Wildman–Crippen LogP) is 1.17. The molecule has 4 nitrogen and oxygen atoms in total. The molecule has 1 saturated carbocycles. The maximum atomic E-state index is 9.06. The van der Waals surface area contributed by atoms with Gasteiger partial charge in [0.1, 0.15) is 0 Å². The van der Waals surface area contributed by atoms with Crippen molar-refractivity contribution in [2.24, 2.45) is 0 Å². The lowest BCUT2D eigenvalue weighted by Crippen LogP contribution is -2.29. The van der Waals surface area contributed by atoms with E-state index in [1.165, 1.54) is 18.5 Å². The SMILES string of the molecule is CCn1nc(C)cc1CN(CCO)C1CC1. The summed E-state index contributed by atoms with van der Waals surface area (Å²) in [5.74, 6) is 0. The van der Waals surface area contributed by atoms with Crippen LogP contribution in [0.2, 0.25) is 0 Å². The van der Waals surface area contributed by atoms with Crippen LogP contribution in [0.15, 0.2) is 6.07 Å². The van der Waals surface area contributed by atoms with Gasteiger partial charge < -0.3 is 5.11 Å². The fourth-order valence-corrected chi connectivity index (χ4v) is 2.17. The maximum absolute atomic E-state index is 9.06. The van der Waals surface area contributed by atoms with Crippen molar-refractivity contribution in [1.82, 2.24) is 14.7 Å². The second-order valence-corrected chi connectivity index (χ2v) is 4.52. The first kappa shape index (κ1) is 11.6. The van der Waals surface area contributed by atoms with Crippen LogP contribution in [0.4, 0.5) is 0 Å². The van der Waals surface area contributed by atoms with E-state index in [-0.39, 0.29) is 6.61 Å². The molecule has 1 aliphatic rings. The first-order valence-electron chi connectivity index (χ1n) is 6.12. The van der Waals surface area contributed by atoms with E-state index in [2.05, 4.69) is 27.7 Å². The van der Waals surface area contributed by atoms with Crippen molar-refractivity contribution >= 4 is 0 Å². The van der Waals surface area contributed by atoms with Crippen molar-refractivity contribution in [3.63, 3.8) is 0 Å². The highest BCUT2D eigenvalue weighted by atomic mass is 16.3. The fraction of sp³-hybridized carbons (Fsp3) is 0.750. The van der Waals surface area contributed by atoms with Gasteiger partial charge >= 0.3 is 0 Å². The van der Waals surface area contributed by atoms with Crippen LogP contribution in [0, 0.1) is 6.92 Å². The summed E-state index contributed by atoms with van der Waals surface area (Å²) in [5, 5.41) is 13.5. The number of hydrogen-bond acceptors (Lipinski definition) is 3. The van der Waals surface area contributed by atoms with Gasteiger partial charge in [-0.05, 0) is 32.8 Å². The lowest BCUT2D eigenvalue weighted by atomic mass is 10.3. The van der Waals surface area contributed by atoms with E-state index in [0.29, 0.717) is 6.04 Å². The molecule has 90 valence electrons. The minimum atomic E-state index is 0.246. The normalized spacial score (nSPS) is 16.0. The molecule has 0 radical (unpaired) electrons. The second-order valence-electron chi connectivity index (χ2n) is 4.52. The molecule has 0 bridgehead atoms. The molecule has 0 amide bonds. The van der Waals surface area contributed by atoms with E-state index in [0.717, 1.165) is 25.3 Å². The minimum absolute atomic E-state index is 0.246. The number of hydrogen-bond donors (Lipinski definition) is 1. The van der Waals surface area contributed by atoms with Gasteiger partial charge in [0.25, 0.3) is 0 Å². The third-order valence-corrected chi connectivity index (χ3v) is 3.10. The molecule has 0 aliphatic heterocycles. The van der Waals surface area contributed by atoms with Crippen molar-refractivity contribution in [3.8, 4) is 0 Å². The van der Waals surface area contributed by atoms with E-state index in [1.54, 1.807) is 0 Å². The largest absolute Gasteiger partial charge is 0.395 e. The first-order valence-corrected chi connectivity index (χ1v) is 6.12. The lowest BCUT2D eigenvalue weighted by molar-refractivity contribution is 0.180. The zero-order chi connectivity index (χ0) is 11.5. The van der Waals surface area contributed by atoms with Crippen LogP contribution in [0.5, 0.6) is 0 Å². The molecule has 1 heterocycles. The average Bonchev–Trinajstić information content (AvgIpc) is 3.03. The maximum Gasteiger partial charge on any atom is 0.0597 e. The summed E-state index contributed by atoms with van der Waals surface area (Å²) >= 11 is 0. The zero-order valence-electron chi connectivity index (χ0n) is 10.2. The molecule has 0 spiro atoms. The van der Waals surface area contributed by atoms with Crippen LogP contribution in [-0.2, 0) is 13.1 Å². The van der Waals surface area contributed by atoms with E-state index >= 15 is 0 Å². The molecule has 1 N–H and O–H groups in total. The van der Waals surface area contributed by atoms with Gasteiger partial charge in [-0.15, -0.1) is 0 Å². The highest BCUT2D eigenvalue weighted by Gasteiger charge is 2.29. The molecule has 2 rings (SSSR count). The number of aliphatic hydroxyl groups excluding tert-OH is 1. The van der Waals surface area contributed by atoms with Crippen molar-refractivity contribution < 1.29 is 5.11 Å².